The first-order chi connectivity index (χ1) is 10.5. The number of rotatable bonds is 6. The van der Waals surface area contributed by atoms with E-state index in [2.05, 4.69) is 6.92 Å². The van der Waals surface area contributed by atoms with Crippen molar-refractivity contribution >= 4 is 27.8 Å². The summed E-state index contributed by atoms with van der Waals surface area (Å²) in [7, 11) is 0. The Labute approximate surface area is 133 Å². The monoisotopic (exact) mass is 318 g/mol. The maximum Gasteiger partial charge on any atom is 0.144 e. The normalized spacial score (nSPS) is 13.1. The fourth-order valence-corrected chi connectivity index (χ4v) is 3.07. The summed E-state index contributed by atoms with van der Waals surface area (Å²) < 4.78 is 28.8. The Bertz CT molecular complexity index is 759. The zero-order chi connectivity index (χ0) is 16.3. The van der Waals surface area contributed by atoms with Crippen molar-refractivity contribution in [2.75, 3.05) is 0 Å². The van der Waals surface area contributed by atoms with Crippen molar-refractivity contribution in [2.45, 2.75) is 44.9 Å². The molecule has 1 aromatic heterocycles. The van der Waals surface area contributed by atoms with Crippen molar-refractivity contribution in [3.63, 3.8) is 0 Å². The van der Waals surface area contributed by atoms with Crippen molar-refractivity contribution in [2.24, 2.45) is 0 Å². The van der Waals surface area contributed by atoms with Gasteiger partial charge in [-0.3, -0.25) is 4.21 Å². The zero-order valence-electron chi connectivity index (χ0n) is 13.1. The number of hydrogen-bond donors (Lipinski definition) is 1. The van der Waals surface area contributed by atoms with Crippen molar-refractivity contribution in [3.8, 4) is 0 Å². The van der Waals surface area contributed by atoms with E-state index in [4.69, 9.17) is 9.83 Å². The molecule has 0 bridgehead atoms. The van der Waals surface area contributed by atoms with Gasteiger partial charge in [-0.15, -0.1) is 0 Å². The topological polar surface area (TPSA) is 77.1 Å². The summed E-state index contributed by atoms with van der Waals surface area (Å²) >= 11 is -2.33. The Morgan fingerprint density at radius 3 is 2.68 bits per heavy atom. The molecule has 0 spiro atoms. The molecule has 1 heterocycles. The molecule has 0 aliphatic carbocycles. The molecule has 1 N–H and O–H groups in total. The van der Waals surface area contributed by atoms with Gasteiger partial charge in [-0.25, -0.2) is 0 Å². The second-order valence-electron chi connectivity index (χ2n) is 5.10. The van der Waals surface area contributed by atoms with E-state index >= 15 is 0 Å². The second-order valence-corrected chi connectivity index (χ2v) is 6.04. The molecule has 118 valence electrons. The van der Waals surface area contributed by atoms with Gasteiger partial charge >= 0.3 is 0 Å². The van der Waals surface area contributed by atoms with E-state index in [1.807, 2.05) is 13.8 Å². The van der Waals surface area contributed by atoms with E-state index in [-0.39, 0.29) is 10.6 Å². The van der Waals surface area contributed by atoms with Crippen LogP contribution in [0.3, 0.4) is 0 Å². The largest absolute Gasteiger partial charge is 0.768 e. The lowest BCUT2D eigenvalue weighted by Gasteiger charge is -2.09. The summed E-state index contributed by atoms with van der Waals surface area (Å²) in [4.78, 5) is 0.190. The highest BCUT2D eigenvalue weighted by Crippen LogP contribution is 2.32. The lowest BCUT2D eigenvalue weighted by atomic mass is 10.0. The first-order valence-corrected chi connectivity index (χ1v) is 8.50. The minimum absolute atomic E-state index is 0.190. The van der Waals surface area contributed by atoms with Gasteiger partial charge in [-0.1, -0.05) is 19.9 Å². The van der Waals surface area contributed by atoms with E-state index in [1.165, 1.54) is 6.07 Å². The molecular weight excluding hydrogens is 298 g/mol. The summed E-state index contributed by atoms with van der Waals surface area (Å²) in [5.41, 5.74) is 2.42. The highest BCUT2D eigenvalue weighted by atomic mass is 32.2. The van der Waals surface area contributed by atoms with Crippen LogP contribution in [0.5, 0.6) is 0 Å². The lowest BCUT2D eigenvalue weighted by Crippen LogP contribution is -1.99. The zero-order valence-corrected chi connectivity index (χ0v) is 13.9. The van der Waals surface area contributed by atoms with Gasteiger partial charge in [0.1, 0.15) is 11.3 Å². The molecule has 0 aliphatic rings. The van der Waals surface area contributed by atoms with Gasteiger partial charge in [0.15, 0.2) is 0 Å². The Hall–Kier alpha value is -1.72. The third kappa shape index (κ3) is 3.05. The van der Waals surface area contributed by atoms with Crippen LogP contribution in [0.4, 0.5) is 0 Å². The first kappa shape index (κ1) is 16.6. The van der Waals surface area contributed by atoms with Crippen molar-refractivity contribution in [1.29, 1.82) is 5.41 Å². The van der Waals surface area contributed by atoms with Gasteiger partial charge in [-0.05, 0) is 49.1 Å². The van der Waals surface area contributed by atoms with Crippen LogP contribution in [-0.4, -0.2) is 14.5 Å². The van der Waals surface area contributed by atoms with Crippen molar-refractivity contribution in [1.82, 2.24) is 0 Å². The molecule has 1 unspecified atom stereocenters. The lowest BCUT2D eigenvalue weighted by molar-refractivity contribution is 0.536. The number of nitrogens with one attached hydrogen (secondary N) is 1. The molecule has 5 heteroatoms. The SMILES string of the molecule is CC=CC(=N)c1cc(S(=O)[O-])cc2c(CC)c(CCC)oc12. The fraction of sp³-hybridized carbons (Fsp3) is 0.353. The average molecular weight is 318 g/mol. The van der Waals surface area contributed by atoms with Crippen LogP contribution < -0.4 is 0 Å². The van der Waals surface area contributed by atoms with Gasteiger partial charge in [-0.2, -0.15) is 0 Å². The minimum Gasteiger partial charge on any atom is -0.768 e. The molecule has 22 heavy (non-hydrogen) atoms. The van der Waals surface area contributed by atoms with E-state index in [9.17, 15) is 8.76 Å². The number of benzene rings is 1. The third-order valence-corrected chi connectivity index (χ3v) is 4.22. The predicted octanol–water partition coefficient (Wildman–Crippen LogP) is 4.13. The number of fused-ring (bicyclic) bond motifs is 1. The molecular formula is C17H20NO3S-. The van der Waals surface area contributed by atoms with Gasteiger partial charge < -0.3 is 14.4 Å². The summed E-state index contributed by atoms with van der Waals surface area (Å²) in [6, 6.07) is 3.15. The molecule has 2 rings (SSSR count). The summed E-state index contributed by atoms with van der Waals surface area (Å²) in [6.45, 7) is 5.93. The smallest absolute Gasteiger partial charge is 0.144 e. The van der Waals surface area contributed by atoms with Gasteiger partial charge in [0.05, 0.1) is 5.71 Å². The van der Waals surface area contributed by atoms with E-state index < -0.39 is 11.1 Å². The highest BCUT2D eigenvalue weighted by molar-refractivity contribution is 7.79. The van der Waals surface area contributed by atoms with Gasteiger partial charge in [0.2, 0.25) is 0 Å². The first-order valence-electron chi connectivity index (χ1n) is 7.42. The molecule has 1 aromatic carbocycles. The maximum absolute atomic E-state index is 11.4. The molecule has 0 radical (unpaired) electrons. The second kappa shape index (κ2) is 7.03. The van der Waals surface area contributed by atoms with E-state index in [0.717, 1.165) is 36.0 Å². The molecule has 2 aromatic rings. The fourth-order valence-electron chi connectivity index (χ4n) is 2.64. The standard InChI is InChI=1S/C17H21NO3S/c1-4-7-15(18)14-10-11(22(19)20)9-13-12(6-3)16(8-5-2)21-17(13)14/h4,7,9-10,18H,5-6,8H2,1-3H3,(H,19,20)/p-1. The number of furan rings is 1. The summed E-state index contributed by atoms with van der Waals surface area (Å²) in [5, 5.41) is 8.94. The maximum atomic E-state index is 11.4. The van der Waals surface area contributed by atoms with Crippen LogP contribution in [-0.2, 0) is 23.9 Å². The highest BCUT2D eigenvalue weighted by Gasteiger charge is 2.18. The Kier molecular flexibility index (Phi) is 5.32. The molecule has 0 saturated carbocycles. The Morgan fingerprint density at radius 2 is 2.14 bits per heavy atom. The molecule has 0 aliphatic heterocycles. The number of hydrogen-bond acceptors (Lipinski definition) is 4. The molecule has 1 atom stereocenters. The molecule has 4 nitrogen and oxygen atoms in total. The third-order valence-electron chi connectivity index (χ3n) is 3.60. The molecule has 0 saturated heterocycles. The summed E-state index contributed by atoms with van der Waals surface area (Å²) in [6.07, 6.45) is 5.93. The van der Waals surface area contributed by atoms with Crippen LogP contribution >= 0.6 is 0 Å². The van der Waals surface area contributed by atoms with Crippen LogP contribution in [0.2, 0.25) is 0 Å². The predicted molar refractivity (Wildman–Crippen MR) is 88.4 cm³/mol. The van der Waals surface area contributed by atoms with Crippen LogP contribution in [0.15, 0.2) is 33.6 Å². The average Bonchev–Trinajstić information content (AvgIpc) is 2.83. The van der Waals surface area contributed by atoms with E-state index in [1.54, 1.807) is 18.2 Å². The molecule has 0 fully saturated rings. The van der Waals surface area contributed by atoms with Gasteiger partial charge in [0.25, 0.3) is 0 Å². The van der Waals surface area contributed by atoms with Crippen molar-refractivity contribution < 1.29 is 13.2 Å². The van der Waals surface area contributed by atoms with E-state index in [0.29, 0.717) is 11.1 Å². The number of aryl methyl sites for hydroxylation is 2. The number of allylic oxidation sites excluding steroid dienone is 2. The van der Waals surface area contributed by atoms with Crippen LogP contribution in [0.25, 0.3) is 11.0 Å². The Morgan fingerprint density at radius 1 is 1.41 bits per heavy atom. The molecule has 0 amide bonds. The van der Waals surface area contributed by atoms with Crippen molar-refractivity contribution in [3.05, 3.63) is 41.2 Å². The summed E-state index contributed by atoms with van der Waals surface area (Å²) in [5.74, 6) is 0.892. The van der Waals surface area contributed by atoms with Crippen LogP contribution in [0, 0.1) is 5.41 Å². The Balaban J connectivity index is 2.81. The van der Waals surface area contributed by atoms with Gasteiger partial charge in [0, 0.05) is 27.8 Å². The quantitative estimate of drug-likeness (QED) is 0.642. The minimum atomic E-state index is -2.33. The van der Waals surface area contributed by atoms with Crippen LogP contribution in [0.1, 0.15) is 44.1 Å².